The van der Waals surface area contributed by atoms with Crippen LogP contribution in [0.4, 0.5) is 26.3 Å². The molecule has 0 aliphatic carbocycles. The van der Waals surface area contributed by atoms with Crippen molar-refractivity contribution in [1.82, 2.24) is 0 Å². The van der Waals surface area contributed by atoms with Crippen LogP contribution in [0.2, 0.25) is 0 Å². The van der Waals surface area contributed by atoms with E-state index in [0.29, 0.717) is 6.08 Å². The number of aryl methyl sites for hydroxylation is 1. The summed E-state index contributed by atoms with van der Waals surface area (Å²) in [6.45, 7) is -0.0387. The molecule has 0 saturated carbocycles. The monoisotopic (exact) mass is 521 g/mol. The van der Waals surface area contributed by atoms with Gasteiger partial charge in [-0.3, -0.25) is 0 Å². The number of alkyl halides is 6. The Kier molecular flexibility index (Phi) is 9.11. The Morgan fingerprint density at radius 3 is 2.46 bits per heavy atom. The number of benzene rings is 1. The number of carbonyl (C=O) groups excluding carboxylic acids is 1. The first-order chi connectivity index (χ1) is 16.2. The van der Waals surface area contributed by atoms with E-state index in [1.54, 1.807) is 0 Å². The molecule has 17 heteroatoms. The van der Waals surface area contributed by atoms with Gasteiger partial charge in [0.25, 0.3) is 5.09 Å². The zero-order chi connectivity index (χ0) is 26.4. The fourth-order valence-corrected chi connectivity index (χ4v) is 2.92. The minimum absolute atomic E-state index is 0.0246. The second-order valence-electron chi connectivity index (χ2n) is 6.75. The van der Waals surface area contributed by atoms with Crippen molar-refractivity contribution in [2.75, 3.05) is 20.3 Å². The molecular formula is C18H19F6N2O9+. The Morgan fingerprint density at radius 2 is 1.91 bits per heavy atom. The minimum atomic E-state index is -5.14. The highest BCUT2D eigenvalue weighted by molar-refractivity contribution is 5.96. The number of fused-ring (bicyclic) bond motifs is 1. The summed E-state index contributed by atoms with van der Waals surface area (Å²) < 4.78 is 92.8. The minimum Gasteiger partial charge on any atom is -0.475 e. The Hall–Kier alpha value is -3.31. The van der Waals surface area contributed by atoms with Gasteiger partial charge in [-0.05, 0) is 30.2 Å². The fraction of sp³-hybridized carbons (Fsp3) is 0.500. The Balaban J connectivity index is 2.44. The molecule has 0 aromatic heterocycles. The third kappa shape index (κ3) is 8.15. The van der Waals surface area contributed by atoms with Gasteiger partial charge in [0.05, 0.1) is 12.7 Å². The molecule has 2 N–H and O–H groups in total. The van der Waals surface area contributed by atoms with Gasteiger partial charge in [-0.25, -0.2) is 4.79 Å². The SMILES string of the molecule is CCc1cc(OC(F)(F)F)cc2c1O[C@H](C(F)(F)F)C(C(=O)OC(CO[NH2+]OC)CO[N+](=O)[O-])=C2. The maximum absolute atomic E-state index is 13.7. The van der Waals surface area contributed by atoms with E-state index in [2.05, 4.69) is 14.4 Å². The second kappa shape index (κ2) is 11.4. The molecule has 196 valence electrons. The van der Waals surface area contributed by atoms with Crippen molar-refractivity contribution < 1.29 is 70.6 Å². The predicted molar refractivity (Wildman–Crippen MR) is 98.7 cm³/mol. The van der Waals surface area contributed by atoms with Gasteiger partial charge in [0.15, 0.2) is 6.10 Å². The first-order valence-electron chi connectivity index (χ1n) is 9.57. The number of halogens is 6. The zero-order valence-electron chi connectivity index (χ0n) is 18.0. The summed E-state index contributed by atoms with van der Waals surface area (Å²) in [4.78, 5) is 36.4. The van der Waals surface area contributed by atoms with E-state index < -0.39 is 66.1 Å². The average molecular weight is 521 g/mol. The number of nitrogens with two attached hydrogens (primary N) is 1. The summed E-state index contributed by atoms with van der Waals surface area (Å²) in [5.41, 5.74) is -0.712. The van der Waals surface area contributed by atoms with Gasteiger partial charge in [-0.1, -0.05) is 12.6 Å². The van der Waals surface area contributed by atoms with Crippen molar-refractivity contribution in [3.05, 3.63) is 38.9 Å². The number of ether oxygens (including phenoxy) is 3. The lowest BCUT2D eigenvalue weighted by Crippen LogP contribution is -2.82. The molecular weight excluding hydrogens is 502 g/mol. The molecule has 1 unspecified atom stereocenters. The van der Waals surface area contributed by atoms with Crippen molar-refractivity contribution in [2.45, 2.75) is 38.1 Å². The fourth-order valence-electron chi connectivity index (χ4n) is 2.92. The number of esters is 1. The van der Waals surface area contributed by atoms with Crippen LogP contribution in [0.5, 0.6) is 11.5 Å². The third-order valence-corrected chi connectivity index (χ3v) is 4.23. The highest BCUT2D eigenvalue weighted by Gasteiger charge is 2.49. The molecule has 1 aromatic carbocycles. The van der Waals surface area contributed by atoms with Crippen LogP contribution in [0.3, 0.4) is 0 Å². The summed E-state index contributed by atoms with van der Waals surface area (Å²) in [7, 11) is 1.19. The molecule has 1 heterocycles. The van der Waals surface area contributed by atoms with Gasteiger partial charge in [-0.2, -0.15) is 22.8 Å². The van der Waals surface area contributed by atoms with Crippen LogP contribution in [-0.2, 0) is 30.5 Å². The van der Waals surface area contributed by atoms with Crippen molar-refractivity contribution >= 4 is 12.0 Å². The van der Waals surface area contributed by atoms with E-state index in [-0.39, 0.29) is 17.5 Å². The van der Waals surface area contributed by atoms with E-state index in [0.717, 1.165) is 17.8 Å². The normalized spacial score (nSPS) is 16.5. The van der Waals surface area contributed by atoms with Gasteiger partial charge in [0, 0.05) is 5.56 Å². The first kappa shape index (κ1) is 27.9. The summed E-state index contributed by atoms with van der Waals surface area (Å²) >= 11 is 0. The van der Waals surface area contributed by atoms with E-state index in [4.69, 9.17) is 14.3 Å². The lowest BCUT2D eigenvalue weighted by Gasteiger charge is -2.30. The maximum atomic E-state index is 13.7. The van der Waals surface area contributed by atoms with Crippen LogP contribution in [0, 0.1) is 10.1 Å². The lowest BCUT2D eigenvalue weighted by atomic mass is 9.97. The van der Waals surface area contributed by atoms with Crippen LogP contribution in [0.25, 0.3) is 6.08 Å². The van der Waals surface area contributed by atoms with Crippen LogP contribution < -0.4 is 15.1 Å². The molecule has 35 heavy (non-hydrogen) atoms. The highest BCUT2D eigenvalue weighted by Crippen LogP contribution is 2.42. The van der Waals surface area contributed by atoms with Crippen LogP contribution >= 0.6 is 0 Å². The van der Waals surface area contributed by atoms with E-state index in [9.17, 15) is 41.3 Å². The molecule has 11 nitrogen and oxygen atoms in total. The largest absolute Gasteiger partial charge is 0.573 e. The third-order valence-electron chi connectivity index (χ3n) is 4.23. The van der Waals surface area contributed by atoms with Crippen molar-refractivity contribution in [3.63, 3.8) is 0 Å². The molecule has 0 saturated heterocycles. The number of hydrogen-bond acceptors (Lipinski definition) is 9. The Morgan fingerprint density at radius 1 is 1.23 bits per heavy atom. The van der Waals surface area contributed by atoms with Crippen LogP contribution in [0.15, 0.2) is 17.7 Å². The number of rotatable bonds is 11. The van der Waals surface area contributed by atoms with Gasteiger partial charge in [0.2, 0.25) is 6.10 Å². The van der Waals surface area contributed by atoms with Gasteiger partial charge >= 0.3 is 18.5 Å². The maximum Gasteiger partial charge on any atom is 0.573 e. The Bertz CT molecular complexity index is 952. The van der Waals surface area contributed by atoms with Gasteiger partial charge in [0.1, 0.15) is 24.7 Å². The smallest absolute Gasteiger partial charge is 0.475 e. The second-order valence-corrected chi connectivity index (χ2v) is 6.75. The first-order valence-corrected chi connectivity index (χ1v) is 9.57. The van der Waals surface area contributed by atoms with E-state index in [1.807, 2.05) is 0 Å². The molecule has 0 bridgehead atoms. The molecule has 0 fully saturated rings. The topological polar surface area (TPSA) is 132 Å². The molecule has 1 aliphatic heterocycles. The number of nitrogens with zero attached hydrogens (tertiary/aromatic N) is 1. The Labute approximate surface area is 192 Å². The van der Waals surface area contributed by atoms with Gasteiger partial charge < -0.3 is 19.0 Å². The lowest BCUT2D eigenvalue weighted by molar-refractivity contribution is -1.07. The molecule has 2 rings (SSSR count). The quantitative estimate of drug-likeness (QED) is 0.153. The molecule has 1 aliphatic rings. The molecule has 0 amide bonds. The van der Waals surface area contributed by atoms with Crippen molar-refractivity contribution in [2.24, 2.45) is 0 Å². The molecule has 0 spiro atoms. The van der Waals surface area contributed by atoms with Crippen molar-refractivity contribution in [1.29, 1.82) is 0 Å². The van der Waals surface area contributed by atoms with Crippen LogP contribution in [-0.4, -0.2) is 56.1 Å². The van der Waals surface area contributed by atoms with Gasteiger partial charge in [-0.15, -0.1) is 23.3 Å². The summed E-state index contributed by atoms with van der Waals surface area (Å²) in [5, 5.41) is 9.20. The summed E-state index contributed by atoms with van der Waals surface area (Å²) in [5.74, 6) is -2.77. The van der Waals surface area contributed by atoms with Crippen molar-refractivity contribution in [3.8, 4) is 11.5 Å². The average Bonchev–Trinajstić information content (AvgIpc) is 2.74. The molecule has 0 radical (unpaired) electrons. The predicted octanol–water partition coefficient (Wildman–Crippen LogP) is 2.03. The summed E-state index contributed by atoms with van der Waals surface area (Å²) in [6.07, 6.45) is -14.0. The summed E-state index contributed by atoms with van der Waals surface area (Å²) in [6, 6.07) is 1.61. The molecule has 1 aromatic rings. The van der Waals surface area contributed by atoms with E-state index in [1.165, 1.54) is 14.0 Å². The standard InChI is InChI=1S/C18H19F6N2O9/c1-3-9-4-11(35-18(22,23)24)5-10-6-13(15(17(19,20)21)34-14(9)10)16(27)33-12(7-31-25-30-2)8-32-26(28)29/h4-6,12,15H,3,7-8,25H2,1-2H3/q+1/t12?,15-/m0/s1. The molecule has 2 atom stereocenters. The zero-order valence-corrected chi connectivity index (χ0v) is 18.0. The van der Waals surface area contributed by atoms with E-state index >= 15 is 0 Å². The number of quaternary nitrogens is 1. The highest BCUT2D eigenvalue weighted by atomic mass is 19.4. The number of carbonyl (C=O) groups is 1. The van der Waals surface area contributed by atoms with Crippen LogP contribution in [0.1, 0.15) is 18.1 Å². The number of hydrogen-bond donors (Lipinski definition) is 1.